The minimum Gasteiger partial charge on any atom is -0.258 e. The number of aromatic nitrogens is 4. The van der Waals surface area contributed by atoms with Gasteiger partial charge in [-0.2, -0.15) is 0 Å². The fourth-order valence-electron chi connectivity index (χ4n) is 9.80. The van der Waals surface area contributed by atoms with Crippen LogP contribution in [0.1, 0.15) is 50.6 Å². The van der Waals surface area contributed by atoms with Gasteiger partial charge in [0.1, 0.15) is 0 Å². The van der Waals surface area contributed by atoms with Gasteiger partial charge in [0.05, 0.1) is 22.8 Å². The Labute approximate surface area is 285 Å². The smallest absolute Gasteiger partial charge is 0.0631 e. The van der Waals surface area contributed by atoms with Gasteiger partial charge in [-0.3, -0.25) is 19.9 Å². The standard InChI is InChI=1S/C45H32N4/c1-27-18-30(28-10-12-34-32-6-2-4-8-36(32)44(38(34)21-28)23-40-41(24-44)47-15-14-46-40)20-31(19-27)29-11-13-35-33-7-3-5-9-37(33)45(39(35)22-29)25-42-43(26-45)49-17-16-48-42/h2-22H,23-26H2,1H3. The summed E-state index contributed by atoms with van der Waals surface area (Å²) in [6, 6.07) is 39.2. The number of aryl methyl sites for hydroxylation is 1. The molecule has 5 aromatic carbocycles. The van der Waals surface area contributed by atoms with Crippen LogP contribution in [0, 0.1) is 6.92 Å². The van der Waals surface area contributed by atoms with Gasteiger partial charge in [-0.25, -0.2) is 0 Å². The maximum atomic E-state index is 4.77. The first-order valence-corrected chi connectivity index (χ1v) is 17.3. The van der Waals surface area contributed by atoms with Crippen molar-refractivity contribution < 1.29 is 0 Å². The molecule has 4 heteroatoms. The normalized spacial score (nSPS) is 16.3. The summed E-state index contributed by atoms with van der Waals surface area (Å²) in [5.41, 5.74) is 21.4. The fraction of sp³-hybridized carbons (Fsp3) is 0.156. The summed E-state index contributed by atoms with van der Waals surface area (Å²) in [5, 5.41) is 0. The molecule has 232 valence electrons. The number of hydrogen-bond donors (Lipinski definition) is 0. The summed E-state index contributed by atoms with van der Waals surface area (Å²) >= 11 is 0. The minimum atomic E-state index is -0.135. The molecule has 0 saturated heterocycles. The molecule has 2 spiro atoms. The van der Waals surface area contributed by atoms with Crippen LogP contribution in [-0.2, 0) is 36.5 Å². The Morgan fingerprint density at radius 1 is 0.388 bits per heavy atom. The van der Waals surface area contributed by atoms with Crippen molar-refractivity contribution in [3.8, 4) is 44.5 Å². The van der Waals surface area contributed by atoms with Gasteiger partial charge in [0, 0.05) is 61.3 Å². The van der Waals surface area contributed by atoms with Crippen LogP contribution in [0.5, 0.6) is 0 Å². The predicted molar refractivity (Wildman–Crippen MR) is 193 cm³/mol. The predicted octanol–water partition coefficient (Wildman–Crippen LogP) is 9.04. The van der Waals surface area contributed by atoms with Gasteiger partial charge in [0.25, 0.3) is 0 Å². The van der Waals surface area contributed by atoms with E-state index in [-0.39, 0.29) is 10.8 Å². The zero-order valence-corrected chi connectivity index (χ0v) is 27.2. The molecule has 0 amide bonds. The summed E-state index contributed by atoms with van der Waals surface area (Å²) < 4.78 is 0. The molecule has 4 aliphatic carbocycles. The van der Waals surface area contributed by atoms with Gasteiger partial charge in [0.2, 0.25) is 0 Å². The van der Waals surface area contributed by atoms with Gasteiger partial charge >= 0.3 is 0 Å². The van der Waals surface area contributed by atoms with Crippen LogP contribution < -0.4 is 0 Å². The van der Waals surface area contributed by atoms with Crippen molar-refractivity contribution in [3.63, 3.8) is 0 Å². The Morgan fingerprint density at radius 2 is 0.776 bits per heavy atom. The van der Waals surface area contributed by atoms with Crippen molar-refractivity contribution in [2.45, 2.75) is 43.4 Å². The Morgan fingerprint density at radius 3 is 1.20 bits per heavy atom. The van der Waals surface area contributed by atoms with E-state index in [9.17, 15) is 0 Å². The Hall–Kier alpha value is -5.74. The molecular formula is C45H32N4. The van der Waals surface area contributed by atoms with E-state index >= 15 is 0 Å². The Bertz CT molecular complexity index is 2320. The molecule has 49 heavy (non-hydrogen) atoms. The molecule has 0 bridgehead atoms. The van der Waals surface area contributed by atoms with Gasteiger partial charge in [0.15, 0.2) is 0 Å². The molecule has 11 rings (SSSR count). The molecule has 2 heterocycles. The number of fused-ring (bicyclic) bond motifs is 12. The third kappa shape index (κ3) is 3.69. The molecule has 0 unspecified atom stereocenters. The Kier molecular flexibility index (Phi) is 5.37. The number of rotatable bonds is 2. The number of benzene rings is 5. The SMILES string of the molecule is Cc1cc(-c2ccc3c(c2)C2(Cc4nccnc4C2)c2ccccc2-3)cc(-c2ccc3c(c2)C2(Cc4nccnc4C2)c2ccccc2-3)c1. The summed E-state index contributed by atoms with van der Waals surface area (Å²) in [5.74, 6) is 0. The third-order valence-corrected chi connectivity index (χ3v) is 11.9. The maximum Gasteiger partial charge on any atom is 0.0631 e. The molecular weight excluding hydrogens is 597 g/mol. The molecule has 4 nitrogen and oxygen atoms in total. The van der Waals surface area contributed by atoms with E-state index in [2.05, 4.69) is 110 Å². The Balaban J connectivity index is 1.03. The van der Waals surface area contributed by atoms with E-state index in [1.807, 2.05) is 24.8 Å². The molecule has 0 aliphatic heterocycles. The molecule has 2 aromatic heterocycles. The number of nitrogens with zero attached hydrogens (tertiary/aromatic N) is 4. The van der Waals surface area contributed by atoms with Crippen molar-refractivity contribution in [1.82, 2.24) is 19.9 Å². The zero-order valence-electron chi connectivity index (χ0n) is 27.2. The largest absolute Gasteiger partial charge is 0.258 e. The first-order valence-electron chi connectivity index (χ1n) is 17.3. The molecule has 7 aromatic rings. The second kappa shape index (κ2) is 9.67. The highest BCUT2D eigenvalue weighted by Gasteiger charge is 2.49. The van der Waals surface area contributed by atoms with E-state index in [1.165, 1.54) is 72.3 Å². The summed E-state index contributed by atoms with van der Waals surface area (Å²) in [6.45, 7) is 2.22. The zero-order chi connectivity index (χ0) is 32.3. The number of hydrogen-bond acceptors (Lipinski definition) is 4. The van der Waals surface area contributed by atoms with E-state index in [4.69, 9.17) is 19.9 Å². The second-order valence-electron chi connectivity index (χ2n) is 14.5. The lowest BCUT2D eigenvalue weighted by atomic mass is 9.75. The molecule has 0 radical (unpaired) electrons. The van der Waals surface area contributed by atoms with E-state index < -0.39 is 0 Å². The van der Waals surface area contributed by atoms with Gasteiger partial charge in [-0.1, -0.05) is 84.9 Å². The summed E-state index contributed by atoms with van der Waals surface area (Å²) in [4.78, 5) is 19.1. The third-order valence-electron chi connectivity index (χ3n) is 11.9. The monoisotopic (exact) mass is 628 g/mol. The molecule has 4 aliphatic rings. The van der Waals surface area contributed by atoms with Crippen molar-refractivity contribution in [3.05, 3.63) is 179 Å². The highest BCUT2D eigenvalue weighted by molar-refractivity contribution is 5.87. The highest BCUT2D eigenvalue weighted by atomic mass is 14.8. The van der Waals surface area contributed by atoms with Crippen LogP contribution in [-0.4, -0.2) is 19.9 Å². The molecule has 0 N–H and O–H groups in total. The lowest BCUT2D eigenvalue weighted by Gasteiger charge is -2.27. The molecule has 0 atom stereocenters. The van der Waals surface area contributed by atoms with Crippen LogP contribution in [0.4, 0.5) is 0 Å². The average Bonchev–Trinajstić information content (AvgIpc) is 3.87. The van der Waals surface area contributed by atoms with Gasteiger partial charge in [-0.05, 0) is 97.4 Å². The van der Waals surface area contributed by atoms with Crippen LogP contribution in [0.15, 0.2) is 128 Å². The fourth-order valence-corrected chi connectivity index (χ4v) is 9.80. The van der Waals surface area contributed by atoms with Crippen LogP contribution in [0.3, 0.4) is 0 Å². The van der Waals surface area contributed by atoms with Gasteiger partial charge < -0.3 is 0 Å². The first kappa shape index (κ1) is 27.2. The second-order valence-corrected chi connectivity index (χ2v) is 14.5. The minimum absolute atomic E-state index is 0.135. The van der Waals surface area contributed by atoms with Crippen LogP contribution in [0.25, 0.3) is 44.5 Å². The highest BCUT2D eigenvalue weighted by Crippen LogP contribution is 2.57. The average molecular weight is 629 g/mol. The molecule has 0 fully saturated rings. The van der Waals surface area contributed by atoms with E-state index in [1.54, 1.807) is 0 Å². The summed E-state index contributed by atoms with van der Waals surface area (Å²) in [6.07, 6.45) is 10.9. The summed E-state index contributed by atoms with van der Waals surface area (Å²) in [7, 11) is 0. The van der Waals surface area contributed by atoms with Crippen molar-refractivity contribution in [1.29, 1.82) is 0 Å². The lowest BCUT2D eigenvalue weighted by Crippen LogP contribution is -2.26. The molecule has 0 saturated carbocycles. The van der Waals surface area contributed by atoms with Crippen molar-refractivity contribution in [2.24, 2.45) is 0 Å². The topological polar surface area (TPSA) is 51.6 Å². The maximum absolute atomic E-state index is 4.77. The lowest BCUT2D eigenvalue weighted by molar-refractivity contribution is 0.558. The van der Waals surface area contributed by atoms with Gasteiger partial charge in [-0.15, -0.1) is 0 Å². The van der Waals surface area contributed by atoms with Crippen LogP contribution in [0.2, 0.25) is 0 Å². The van der Waals surface area contributed by atoms with E-state index in [0.717, 1.165) is 48.5 Å². The van der Waals surface area contributed by atoms with E-state index in [0.29, 0.717) is 0 Å². The van der Waals surface area contributed by atoms with Crippen molar-refractivity contribution in [2.75, 3.05) is 0 Å². The van der Waals surface area contributed by atoms with Crippen LogP contribution >= 0.6 is 0 Å². The quantitative estimate of drug-likeness (QED) is 0.192. The van der Waals surface area contributed by atoms with Crippen molar-refractivity contribution >= 4 is 0 Å². The first-order chi connectivity index (χ1) is 24.1.